The fourth-order valence-electron chi connectivity index (χ4n) is 2.08. The molecule has 2 N–H and O–H groups in total. The van der Waals surface area contributed by atoms with E-state index < -0.39 is 18.0 Å². The number of carbonyl (C=O) groups excluding carboxylic acids is 2. The number of esters is 1. The lowest BCUT2D eigenvalue weighted by Crippen LogP contribution is -2.47. The lowest BCUT2D eigenvalue weighted by Gasteiger charge is -2.22. The summed E-state index contributed by atoms with van der Waals surface area (Å²) in [5.74, 6) is 0.715. The molecule has 1 aliphatic heterocycles. The van der Waals surface area contributed by atoms with Crippen LogP contribution in [0.25, 0.3) is 0 Å². The topological polar surface area (TPSA) is 85.9 Å². The summed E-state index contributed by atoms with van der Waals surface area (Å²) in [6.07, 6.45) is 0.740. The second-order valence-electron chi connectivity index (χ2n) is 5.05. The second kappa shape index (κ2) is 7.02. The first-order valence-electron chi connectivity index (χ1n) is 7.10. The minimum absolute atomic E-state index is 0.0325. The Balaban J connectivity index is 2.00. The number of hydrogen-bond acceptors (Lipinski definition) is 5. The van der Waals surface area contributed by atoms with E-state index in [1.165, 1.54) is 7.11 Å². The van der Waals surface area contributed by atoms with Crippen molar-refractivity contribution in [3.63, 3.8) is 0 Å². The monoisotopic (exact) mass is 308 g/mol. The molecular formula is C15H20N2O5. The summed E-state index contributed by atoms with van der Waals surface area (Å²) in [6, 6.07) is 3.91. The van der Waals surface area contributed by atoms with E-state index in [4.69, 9.17) is 14.2 Å². The van der Waals surface area contributed by atoms with Crippen LogP contribution in [0.3, 0.4) is 0 Å². The van der Waals surface area contributed by atoms with Crippen LogP contribution in [0.5, 0.6) is 11.5 Å². The van der Waals surface area contributed by atoms with Crippen LogP contribution >= 0.6 is 0 Å². The fourth-order valence-corrected chi connectivity index (χ4v) is 2.08. The van der Waals surface area contributed by atoms with E-state index in [-0.39, 0.29) is 12.7 Å². The number of carbonyl (C=O) groups is 2. The molecule has 1 aromatic rings. The maximum absolute atomic E-state index is 12.1. The Labute approximate surface area is 128 Å². The van der Waals surface area contributed by atoms with Gasteiger partial charge < -0.3 is 24.8 Å². The van der Waals surface area contributed by atoms with E-state index in [0.717, 1.165) is 6.42 Å². The number of anilines is 1. The molecule has 2 rings (SSSR count). The van der Waals surface area contributed by atoms with E-state index in [1.54, 1.807) is 18.2 Å². The highest BCUT2D eigenvalue weighted by molar-refractivity contribution is 5.93. The summed E-state index contributed by atoms with van der Waals surface area (Å²) in [7, 11) is 1.30. The zero-order chi connectivity index (χ0) is 16.1. The number of urea groups is 1. The number of amides is 2. The Morgan fingerprint density at radius 1 is 1.32 bits per heavy atom. The van der Waals surface area contributed by atoms with Gasteiger partial charge in [0.25, 0.3) is 0 Å². The molecule has 2 atom stereocenters. The van der Waals surface area contributed by atoms with Gasteiger partial charge in [0, 0.05) is 11.8 Å². The highest BCUT2D eigenvalue weighted by atomic mass is 16.7. The molecule has 0 radical (unpaired) electrons. The standard InChI is InChI=1S/C15H20N2O5/c1-4-9(2)13(14(18)20-3)17-15(19)16-10-5-6-11-12(7-10)22-8-21-11/h5-7,9,13H,4,8H2,1-3H3,(H2,16,17,19)/t9-,13+/m1/s1. The Morgan fingerprint density at radius 2 is 2.05 bits per heavy atom. The van der Waals surface area contributed by atoms with E-state index >= 15 is 0 Å². The largest absolute Gasteiger partial charge is 0.467 e. The molecule has 1 heterocycles. The van der Waals surface area contributed by atoms with Crippen molar-refractivity contribution < 1.29 is 23.8 Å². The molecule has 0 spiro atoms. The van der Waals surface area contributed by atoms with Crippen molar-refractivity contribution in [3.05, 3.63) is 18.2 Å². The third kappa shape index (κ3) is 3.60. The predicted octanol–water partition coefficient (Wildman–Crippen LogP) is 2.12. The van der Waals surface area contributed by atoms with Crippen LogP contribution in [-0.4, -0.2) is 31.9 Å². The summed E-state index contributed by atoms with van der Waals surface area (Å²) in [4.78, 5) is 23.8. The maximum atomic E-state index is 12.1. The Kier molecular flexibility index (Phi) is 5.08. The van der Waals surface area contributed by atoms with Gasteiger partial charge in [-0.25, -0.2) is 9.59 Å². The van der Waals surface area contributed by atoms with Crippen LogP contribution in [0.4, 0.5) is 10.5 Å². The van der Waals surface area contributed by atoms with Crippen LogP contribution in [0.2, 0.25) is 0 Å². The number of methoxy groups -OCH3 is 1. The summed E-state index contributed by atoms with van der Waals surface area (Å²) in [6.45, 7) is 3.99. The first kappa shape index (κ1) is 15.9. The molecule has 0 saturated heterocycles. The number of rotatable bonds is 5. The van der Waals surface area contributed by atoms with Gasteiger partial charge in [0.1, 0.15) is 6.04 Å². The van der Waals surface area contributed by atoms with Crippen LogP contribution in [-0.2, 0) is 9.53 Å². The SMILES string of the molecule is CC[C@@H](C)[C@H](NC(=O)Nc1ccc2c(c1)OCO2)C(=O)OC. The number of hydrogen-bond donors (Lipinski definition) is 2. The normalized spacial score (nSPS) is 14.9. The van der Waals surface area contributed by atoms with Gasteiger partial charge >= 0.3 is 12.0 Å². The molecule has 0 fully saturated rings. The van der Waals surface area contributed by atoms with Gasteiger partial charge in [0.2, 0.25) is 6.79 Å². The average Bonchev–Trinajstić information content (AvgIpc) is 2.98. The molecule has 0 aliphatic carbocycles. The molecule has 1 aliphatic rings. The van der Waals surface area contributed by atoms with Gasteiger partial charge in [-0.1, -0.05) is 20.3 Å². The van der Waals surface area contributed by atoms with E-state index in [2.05, 4.69) is 10.6 Å². The first-order chi connectivity index (χ1) is 10.5. The molecule has 0 aromatic heterocycles. The quantitative estimate of drug-likeness (QED) is 0.814. The lowest BCUT2D eigenvalue weighted by molar-refractivity contribution is -0.144. The number of benzene rings is 1. The van der Waals surface area contributed by atoms with Crippen LogP contribution < -0.4 is 20.1 Å². The second-order valence-corrected chi connectivity index (χ2v) is 5.05. The highest BCUT2D eigenvalue weighted by Crippen LogP contribution is 2.34. The first-order valence-corrected chi connectivity index (χ1v) is 7.10. The van der Waals surface area contributed by atoms with Crippen LogP contribution in [0.1, 0.15) is 20.3 Å². The Morgan fingerprint density at radius 3 is 2.73 bits per heavy atom. The van der Waals surface area contributed by atoms with Gasteiger partial charge in [0.15, 0.2) is 11.5 Å². The molecule has 7 heteroatoms. The van der Waals surface area contributed by atoms with Crippen molar-refractivity contribution in [3.8, 4) is 11.5 Å². The van der Waals surface area contributed by atoms with Crippen molar-refractivity contribution >= 4 is 17.7 Å². The van der Waals surface area contributed by atoms with Crippen molar-refractivity contribution in [2.45, 2.75) is 26.3 Å². The average molecular weight is 308 g/mol. The summed E-state index contributed by atoms with van der Waals surface area (Å²) in [5, 5.41) is 5.30. The molecule has 0 unspecified atom stereocenters. The smallest absolute Gasteiger partial charge is 0.328 e. The van der Waals surface area contributed by atoms with Gasteiger partial charge in [-0.15, -0.1) is 0 Å². The van der Waals surface area contributed by atoms with E-state index in [0.29, 0.717) is 17.2 Å². The minimum Gasteiger partial charge on any atom is -0.467 e. The van der Waals surface area contributed by atoms with Crippen molar-refractivity contribution in [2.75, 3.05) is 19.2 Å². The lowest BCUT2D eigenvalue weighted by atomic mass is 9.99. The molecule has 7 nitrogen and oxygen atoms in total. The number of nitrogens with one attached hydrogen (secondary N) is 2. The van der Waals surface area contributed by atoms with Crippen molar-refractivity contribution in [1.82, 2.24) is 5.32 Å². The van der Waals surface area contributed by atoms with Gasteiger partial charge in [-0.3, -0.25) is 0 Å². The predicted molar refractivity (Wildman–Crippen MR) is 80.0 cm³/mol. The van der Waals surface area contributed by atoms with Gasteiger partial charge in [0.05, 0.1) is 7.11 Å². The third-order valence-corrected chi connectivity index (χ3v) is 3.59. The number of ether oxygens (including phenoxy) is 3. The van der Waals surface area contributed by atoms with Gasteiger partial charge in [-0.2, -0.15) is 0 Å². The Bertz CT molecular complexity index is 561. The zero-order valence-corrected chi connectivity index (χ0v) is 12.8. The Hall–Kier alpha value is -2.44. The van der Waals surface area contributed by atoms with E-state index in [9.17, 15) is 9.59 Å². The molecule has 1 aromatic carbocycles. The zero-order valence-electron chi connectivity index (χ0n) is 12.8. The van der Waals surface area contributed by atoms with Crippen molar-refractivity contribution in [2.24, 2.45) is 5.92 Å². The molecular weight excluding hydrogens is 288 g/mol. The van der Waals surface area contributed by atoms with Crippen LogP contribution in [0, 0.1) is 5.92 Å². The van der Waals surface area contributed by atoms with Crippen LogP contribution in [0.15, 0.2) is 18.2 Å². The summed E-state index contributed by atoms with van der Waals surface area (Å²) < 4.78 is 15.2. The molecule has 22 heavy (non-hydrogen) atoms. The molecule has 0 bridgehead atoms. The summed E-state index contributed by atoms with van der Waals surface area (Å²) in [5.41, 5.74) is 0.550. The minimum atomic E-state index is -0.691. The third-order valence-electron chi connectivity index (χ3n) is 3.59. The van der Waals surface area contributed by atoms with E-state index in [1.807, 2.05) is 13.8 Å². The molecule has 2 amide bonds. The number of fused-ring (bicyclic) bond motifs is 1. The summed E-state index contributed by atoms with van der Waals surface area (Å²) >= 11 is 0. The fraction of sp³-hybridized carbons (Fsp3) is 0.467. The molecule has 120 valence electrons. The highest BCUT2D eigenvalue weighted by Gasteiger charge is 2.26. The molecule has 0 saturated carbocycles. The maximum Gasteiger partial charge on any atom is 0.328 e. The van der Waals surface area contributed by atoms with Gasteiger partial charge in [-0.05, 0) is 18.1 Å². The van der Waals surface area contributed by atoms with Crippen molar-refractivity contribution in [1.29, 1.82) is 0 Å².